The fourth-order valence-electron chi connectivity index (χ4n) is 3.60. The van der Waals surface area contributed by atoms with Gasteiger partial charge in [0, 0.05) is 18.6 Å². The van der Waals surface area contributed by atoms with Crippen LogP contribution in [0.25, 0.3) is 10.9 Å². The number of nitrogens with zero attached hydrogens (tertiary/aromatic N) is 4. The highest BCUT2D eigenvalue weighted by Crippen LogP contribution is 2.45. The number of nitro groups is 1. The van der Waals surface area contributed by atoms with Crippen LogP contribution in [0.2, 0.25) is 0 Å². The summed E-state index contributed by atoms with van der Waals surface area (Å²) in [7, 11) is -4.70. The molecule has 1 fully saturated rings. The number of hydrogen-bond donors (Lipinski definition) is 0. The second kappa shape index (κ2) is 7.32. The Hall–Kier alpha value is -3.36. The molecule has 8 nitrogen and oxygen atoms in total. The van der Waals surface area contributed by atoms with Crippen LogP contribution in [0.1, 0.15) is 12.5 Å². The van der Waals surface area contributed by atoms with Crippen LogP contribution < -0.4 is 4.90 Å². The van der Waals surface area contributed by atoms with Crippen LogP contribution in [0.3, 0.4) is 0 Å². The van der Waals surface area contributed by atoms with E-state index in [9.17, 15) is 44.9 Å². The zero-order valence-corrected chi connectivity index (χ0v) is 17.9. The average Bonchev–Trinajstić information content (AvgIpc) is 3.22. The Morgan fingerprint density at radius 2 is 1.59 bits per heavy atom. The Bertz CT molecular complexity index is 1380. The summed E-state index contributed by atoms with van der Waals surface area (Å²) in [6, 6.07) is 6.53. The first kappa shape index (κ1) is 23.8. The van der Waals surface area contributed by atoms with Gasteiger partial charge in [-0.3, -0.25) is 10.1 Å². The summed E-state index contributed by atoms with van der Waals surface area (Å²) in [6.07, 6.45) is 0. The normalized spacial score (nSPS) is 17.9. The number of anilines is 1. The Labute approximate surface area is 187 Å². The fourth-order valence-corrected chi connectivity index (χ4v) is 4.87. The molecule has 1 aliphatic heterocycles. The van der Waals surface area contributed by atoms with Gasteiger partial charge in [0.25, 0.3) is 21.6 Å². The maximum absolute atomic E-state index is 13.8. The van der Waals surface area contributed by atoms with Crippen LogP contribution >= 0.6 is 0 Å². The number of non-ortho nitro benzene ring substituents is 1. The molecule has 2 heterocycles. The Balaban J connectivity index is 1.93. The van der Waals surface area contributed by atoms with Crippen LogP contribution in [-0.2, 0) is 15.9 Å². The minimum absolute atomic E-state index is 0.276. The van der Waals surface area contributed by atoms with Crippen LogP contribution in [0.15, 0.2) is 47.4 Å². The molecule has 15 heteroatoms. The van der Waals surface area contributed by atoms with Gasteiger partial charge in [0.15, 0.2) is 5.82 Å². The molecule has 0 amide bonds. The van der Waals surface area contributed by atoms with E-state index in [4.69, 9.17) is 0 Å². The summed E-state index contributed by atoms with van der Waals surface area (Å²) in [5, 5.41) is 14.7. The molecular weight excluding hydrogens is 494 g/mol. The van der Waals surface area contributed by atoms with Gasteiger partial charge in [0.1, 0.15) is 5.39 Å². The first-order valence-corrected chi connectivity index (χ1v) is 10.9. The summed E-state index contributed by atoms with van der Waals surface area (Å²) in [5.41, 5.74) is -1.67. The van der Waals surface area contributed by atoms with Crippen LogP contribution in [0.4, 0.5) is 37.8 Å². The van der Waals surface area contributed by atoms with Gasteiger partial charge in [-0.05, 0) is 18.2 Å². The Morgan fingerprint density at radius 1 is 1.03 bits per heavy atom. The summed E-state index contributed by atoms with van der Waals surface area (Å²) in [4.78, 5) is 10.4. The molecule has 0 unspecified atom stereocenters. The number of nitro benzene ring substituents is 1. The molecular formula is C19H14F6N4O4S. The van der Waals surface area contributed by atoms with Crippen molar-refractivity contribution in [3.8, 4) is 0 Å². The SMILES string of the molecule is CC(F)(F)c1ccc(S(=O)(=O)n2nc(N3CC(F)(F)C(F)(F)C3)c3c([N+](=O)[O-])cccc32)cc1. The molecule has 0 saturated carbocycles. The lowest BCUT2D eigenvalue weighted by molar-refractivity contribution is -0.383. The van der Waals surface area contributed by atoms with Crippen molar-refractivity contribution in [2.75, 3.05) is 18.0 Å². The summed E-state index contributed by atoms with van der Waals surface area (Å²) >= 11 is 0. The number of fused-ring (bicyclic) bond motifs is 1. The predicted octanol–water partition coefficient (Wildman–Crippen LogP) is 4.38. The quantitative estimate of drug-likeness (QED) is 0.288. The van der Waals surface area contributed by atoms with Gasteiger partial charge in [-0.15, -0.1) is 5.10 Å². The molecule has 2 aromatic carbocycles. The minimum Gasteiger partial charge on any atom is -0.342 e. The van der Waals surface area contributed by atoms with E-state index in [-0.39, 0.29) is 4.09 Å². The highest BCUT2D eigenvalue weighted by atomic mass is 32.2. The third-order valence-corrected chi connectivity index (χ3v) is 6.93. The maximum Gasteiger partial charge on any atom is 0.329 e. The van der Waals surface area contributed by atoms with Crippen LogP contribution in [0.5, 0.6) is 0 Å². The predicted molar refractivity (Wildman–Crippen MR) is 107 cm³/mol. The van der Waals surface area contributed by atoms with Crippen LogP contribution in [0, 0.1) is 10.1 Å². The molecule has 0 radical (unpaired) electrons. The van der Waals surface area contributed by atoms with Crippen molar-refractivity contribution >= 4 is 32.4 Å². The molecule has 0 atom stereocenters. The van der Waals surface area contributed by atoms with Crippen LogP contribution in [-0.4, -0.2) is 47.5 Å². The van der Waals surface area contributed by atoms with Crippen molar-refractivity contribution in [2.45, 2.75) is 29.6 Å². The molecule has 1 aliphatic rings. The smallest absolute Gasteiger partial charge is 0.329 e. The Morgan fingerprint density at radius 3 is 2.09 bits per heavy atom. The molecule has 1 aromatic heterocycles. The summed E-state index contributed by atoms with van der Waals surface area (Å²) < 4.78 is 109. The van der Waals surface area contributed by atoms with E-state index < -0.39 is 78.7 Å². The molecule has 34 heavy (non-hydrogen) atoms. The highest BCUT2D eigenvalue weighted by molar-refractivity contribution is 7.90. The van der Waals surface area contributed by atoms with E-state index in [1.807, 2.05) is 0 Å². The molecule has 0 spiro atoms. The first-order chi connectivity index (χ1) is 15.6. The lowest BCUT2D eigenvalue weighted by Crippen LogP contribution is -2.38. The van der Waals surface area contributed by atoms with Gasteiger partial charge < -0.3 is 4.90 Å². The molecule has 3 aromatic rings. The van der Waals surface area contributed by atoms with Crippen molar-refractivity contribution in [1.29, 1.82) is 0 Å². The largest absolute Gasteiger partial charge is 0.342 e. The van der Waals surface area contributed by atoms with E-state index in [0.29, 0.717) is 11.8 Å². The number of halogens is 6. The number of alkyl halides is 6. The topological polar surface area (TPSA) is 98.3 Å². The van der Waals surface area contributed by atoms with Crippen molar-refractivity contribution < 1.29 is 39.7 Å². The van der Waals surface area contributed by atoms with E-state index in [1.165, 1.54) is 0 Å². The van der Waals surface area contributed by atoms with Gasteiger partial charge >= 0.3 is 11.8 Å². The third-order valence-electron chi connectivity index (χ3n) is 5.33. The van der Waals surface area contributed by atoms with Gasteiger partial charge in [-0.25, -0.2) is 8.78 Å². The summed E-state index contributed by atoms with van der Waals surface area (Å²) in [6.45, 7) is -2.51. The van der Waals surface area contributed by atoms with Gasteiger partial charge in [-0.2, -0.15) is 30.1 Å². The zero-order chi connectivity index (χ0) is 25.3. The molecule has 0 N–H and O–H groups in total. The zero-order valence-electron chi connectivity index (χ0n) is 17.1. The monoisotopic (exact) mass is 508 g/mol. The minimum atomic E-state index is -4.70. The second-order valence-corrected chi connectivity index (χ2v) is 9.55. The number of rotatable bonds is 5. The first-order valence-electron chi connectivity index (χ1n) is 9.47. The van der Waals surface area contributed by atoms with Crippen molar-refractivity contribution in [2.24, 2.45) is 0 Å². The highest BCUT2D eigenvalue weighted by Gasteiger charge is 2.63. The molecule has 0 aliphatic carbocycles. The molecule has 1 saturated heterocycles. The van der Waals surface area contributed by atoms with E-state index in [2.05, 4.69) is 5.10 Å². The number of benzene rings is 2. The van der Waals surface area contributed by atoms with E-state index >= 15 is 0 Å². The molecule has 4 rings (SSSR count). The maximum atomic E-state index is 13.8. The van der Waals surface area contributed by atoms with Crippen molar-refractivity contribution in [3.05, 3.63) is 58.1 Å². The van der Waals surface area contributed by atoms with E-state index in [0.717, 1.165) is 42.5 Å². The fraction of sp³-hybridized carbons (Fsp3) is 0.316. The average molecular weight is 508 g/mol. The summed E-state index contributed by atoms with van der Waals surface area (Å²) in [5.74, 6) is -13.0. The van der Waals surface area contributed by atoms with Gasteiger partial charge in [0.2, 0.25) is 0 Å². The molecule has 0 bridgehead atoms. The number of aromatic nitrogens is 2. The van der Waals surface area contributed by atoms with Crippen molar-refractivity contribution in [1.82, 2.24) is 9.19 Å². The van der Waals surface area contributed by atoms with Gasteiger partial charge in [0.05, 0.1) is 28.4 Å². The lowest BCUT2D eigenvalue weighted by Gasteiger charge is -2.14. The Kier molecular flexibility index (Phi) is 5.12. The van der Waals surface area contributed by atoms with Crippen molar-refractivity contribution in [3.63, 3.8) is 0 Å². The van der Waals surface area contributed by atoms with E-state index in [1.54, 1.807) is 0 Å². The van der Waals surface area contributed by atoms with Gasteiger partial charge in [-0.1, -0.05) is 18.2 Å². The molecule has 182 valence electrons. The standard InChI is InChI=1S/C19H14F6N4O4S/c1-17(20,21)11-5-7-12(8-6-11)34(32,33)28-13-3-2-4-14(29(30)31)15(13)16(26-28)27-9-18(22,23)19(24,25)10-27/h2-8H,9-10H2,1H3. The third kappa shape index (κ3) is 3.63. The number of hydrogen-bond acceptors (Lipinski definition) is 6. The lowest BCUT2D eigenvalue weighted by atomic mass is 10.1. The second-order valence-electron chi connectivity index (χ2n) is 7.78.